The molecule has 1 aliphatic rings. The van der Waals surface area contributed by atoms with Crippen LogP contribution in [0.3, 0.4) is 0 Å². The van der Waals surface area contributed by atoms with Gasteiger partial charge in [0.15, 0.2) is 0 Å². The number of carbonyl (C=O) groups excluding carboxylic acids is 1. The van der Waals surface area contributed by atoms with E-state index < -0.39 is 0 Å². The second kappa shape index (κ2) is 6.69. The van der Waals surface area contributed by atoms with Gasteiger partial charge in [0.25, 0.3) is 0 Å². The Balaban J connectivity index is 2.51. The van der Waals surface area contributed by atoms with Gasteiger partial charge in [0.1, 0.15) is 0 Å². The van der Waals surface area contributed by atoms with Crippen LogP contribution < -0.4 is 5.32 Å². The number of nitrogens with zero attached hydrogens (tertiary/aromatic N) is 1. The molecule has 1 rings (SSSR count). The summed E-state index contributed by atoms with van der Waals surface area (Å²) in [5, 5.41) is 3.44. The Bertz CT molecular complexity index is 251. The lowest BCUT2D eigenvalue weighted by atomic mass is 10.2. The highest BCUT2D eigenvalue weighted by atomic mass is 16.2. The monoisotopic (exact) mass is 224 g/mol. The van der Waals surface area contributed by atoms with E-state index >= 15 is 0 Å². The Labute approximate surface area is 98.9 Å². The van der Waals surface area contributed by atoms with Gasteiger partial charge in [-0.05, 0) is 39.7 Å². The molecule has 1 unspecified atom stereocenters. The molecule has 1 N–H and O–H groups in total. The molecule has 1 heterocycles. The molecule has 0 radical (unpaired) electrons. The lowest BCUT2D eigenvalue weighted by Crippen LogP contribution is -2.40. The Hall–Kier alpha value is -0.830. The van der Waals surface area contributed by atoms with E-state index in [1.54, 1.807) is 6.08 Å². The van der Waals surface area contributed by atoms with Crippen LogP contribution in [0, 0.1) is 0 Å². The van der Waals surface area contributed by atoms with Gasteiger partial charge in [-0.25, -0.2) is 0 Å². The van der Waals surface area contributed by atoms with Crippen LogP contribution in [-0.2, 0) is 4.79 Å². The molecule has 16 heavy (non-hydrogen) atoms. The summed E-state index contributed by atoms with van der Waals surface area (Å²) in [6.07, 6.45) is 5.20. The minimum atomic E-state index is 0.163. The first-order valence-corrected chi connectivity index (χ1v) is 6.30. The molecule has 0 aromatic carbocycles. The van der Waals surface area contributed by atoms with Crippen LogP contribution in [0.15, 0.2) is 11.6 Å². The number of allylic oxidation sites excluding steroid dienone is 1. The first kappa shape index (κ1) is 13.2. The van der Waals surface area contributed by atoms with Crippen molar-refractivity contribution >= 4 is 5.91 Å². The Morgan fingerprint density at radius 2 is 2.25 bits per heavy atom. The Kier molecular flexibility index (Phi) is 5.53. The lowest BCUT2D eigenvalue weighted by molar-refractivity contribution is -0.126. The zero-order valence-electron chi connectivity index (χ0n) is 10.8. The molecular weight excluding hydrogens is 200 g/mol. The highest BCUT2D eigenvalue weighted by Gasteiger charge is 2.19. The van der Waals surface area contributed by atoms with Crippen molar-refractivity contribution in [2.45, 2.75) is 46.1 Å². The van der Waals surface area contributed by atoms with Gasteiger partial charge >= 0.3 is 0 Å². The molecular formula is C13H24N2O. The van der Waals surface area contributed by atoms with E-state index in [0.717, 1.165) is 31.6 Å². The highest BCUT2D eigenvalue weighted by molar-refractivity contribution is 5.88. The van der Waals surface area contributed by atoms with Crippen LogP contribution in [0.2, 0.25) is 0 Å². The molecule has 0 saturated carbocycles. The molecule has 0 bridgehead atoms. The van der Waals surface area contributed by atoms with Crippen molar-refractivity contribution in [2.24, 2.45) is 0 Å². The number of rotatable bonds is 5. The second-order valence-electron chi connectivity index (χ2n) is 4.80. The van der Waals surface area contributed by atoms with E-state index in [1.807, 2.05) is 18.7 Å². The molecule has 1 aliphatic heterocycles. The maximum absolute atomic E-state index is 12.0. The zero-order valence-corrected chi connectivity index (χ0v) is 10.8. The van der Waals surface area contributed by atoms with Crippen LogP contribution in [0.1, 0.15) is 40.0 Å². The predicted molar refractivity (Wildman–Crippen MR) is 67.3 cm³/mol. The fraction of sp³-hybridized carbons (Fsp3) is 0.769. The Morgan fingerprint density at radius 1 is 1.50 bits per heavy atom. The van der Waals surface area contributed by atoms with Gasteiger partial charge < -0.3 is 10.2 Å². The SMILES string of the molecule is CCCN(CC1CCCN1)C(=O)C=C(C)C. The fourth-order valence-corrected chi connectivity index (χ4v) is 2.08. The third-order valence-electron chi connectivity index (χ3n) is 2.82. The molecule has 92 valence electrons. The molecule has 1 atom stereocenters. The van der Waals surface area contributed by atoms with E-state index in [2.05, 4.69) is 12.2 Å². The molecule has 1 saturated heterocycles. The summed E-state index contributed by atoms with van der Waals surface area (Å²) >= 11 is 0. The van der Waals surface area contributed by atoms with Crippen molar-refractivity contribution in [3.63, 3.8) is 0 Å². The van der Waals surface area contributed by atoms with Gasteiger partial charge in [0, 0.05) is 25.2 Å². The van der Waals surface area contributed by atoms with Gasteiger partial charge in [0.2, 0.25) is 5.91 Å². The van der Waals surface area contributed by atoms with Gasteiger partial charge in [-0.1, -0.05) is 12.5 Å². The molecule has 0 aromatic rings. The van der Waals surface area contributed by atoms with E-state index in [0.29, 0.717) is 6.04 Å². The third kappa shape index (κ3) is 4.35. The molecule has 1 fully saturated rings. The zero-order chi connectivity index (χ0) is 12.0. The summed E-state index contributed by atoms with van der Waals surface area (Å²) in [7, 11) is 0. The maximum Gasteiger partial charge on any atom is 0.246 e. The summed E-state index contributed by atoms with van der Waals surface area (Å²) in [5.74, 6) is 0.163. The second-order valence-corrected chi connectivity index (χ2v) is 4.80. The van der Waals surface area contributed by atoms with Crippen LogP contribution in [0.25, 0.3) is 0 Å². The number of amides is 1. The molecule has 3 heteroatoms. The predicted octanol–water partition coefficient (Wildman–Crippen LogP) is 1.94. The topological polar surface area (TPSA) is 32.3 Å². The van der Waals surface area contributed by atoms with Crippen molar-refractivity contribution in [3.8, 4) is 0 Å². The minimum absolute atomic E-state index is 0.163. The Morgan fingerprint density at radius 3 is 2.75 bits per heavy atom. The standard InChI is InChI=1S/C13H24N2O/c1-4-8-15(13(16)9-11(2)3)10-12-6-5-7-14-12/h9,12,14H,4-8,10H2,1-3H3. The van der Waals surface area contributed by atoms with Crippen molar-refractivity contribution in [3.05, 3.63) is 11.6 Å². The van der Waals surface area contributed by atoms with E-state index in [9.17, 15) is 4.79 Å². The van der Waals surface area contributed by atoms with Crippen molar-refractivity contribution < 1.29 is 4.79 Å². The molecule has 3 nitrogen and oxygen atoms in total. The van der Waals surface area contributed by atoms with E-state index in [4.69, 9.17) is 0 Å². The molecule has 0 aliphatic carbocycles. The van der Waals surface area contributed by atoms with Gasteiger partial charge in [-0.2, -0.15) is 0 Å². The first-order valence-electron chi connectivity index (χ1n) is 6.30. The fourth-order valence-electron chi connectivity index (χ4n) is 2.08. The lowest BCUT2D eigenvalue weighted by Gasteiger charge is -2.24. The quantitative estimate of drug-likeness (QED) is 0.724. The molecule has 0 aromatic heterocycles. The average molecular weight is 224 g/mol. The number of hydrogen-bond donors (Lipinski definition) is 1. The maximum atomic E-state index is 12.0. The molecule has 0 spiro atoms. The van der Waals surface area contributed by atoms with Gasteiger partial charge in [0.05, 0.1) is 0 Å². The number of carbonyl (C=O) groups is 1. The van der Waals surface area contributed by atoms with Crippen molar-refractivity contribution in [2.75, 3.05) is 19.6 Å². The van der Waals surface area contributed by atoms with Crippen LogP contribution >= 0.6 is 0 Å². The number of hydrogen-bond acceptors (Lipinski definition) is 2. The molecule has 1 amide bonds. The average Bonchev–Trinajstić information content (AvgIpc) is 2.68. The summed E-state index contributed by atoms with van der Waals surface area (Å²) in [5.41, 5.74) is 1.07. The van der Waals surface area contributed by atoms with Crippen molar-refractivity contribution in [1.82, 2.24) is 10.2 Å². The van der Waals surface area contributed by atoms with E-state index in [-0.39, 0.29) is 5.91 Å². The van der Waals surface area contributed by atoms with E-state index in [1.165, 1.54) is 12.8 Å². The largest absolute Gasteiger partial charge is 0.338 e. The van der Waals surface area contributed by atoms with Crippen LogP contribution in [-0.4, -0.2) is 36.5 Å². The summed E-state index contributed by atoms with van der Waals surface area (Å²) < 4.78 is 0. The minimum Gasteiger partial charge on any atom is -0.338 e. The smallest absolute Gasteiger partial charge is 0.246 e. The van der Waals surface area contributed by atoms with Crippen LogP contribution in [0.4, 0.5) is 0 Å². The first-order chi connectivity index (χ1) is 7.63. The number of nitrogens with one attached hydrogen (secondary N) is 1. The van der Waals surface area contributed by atoms with Gasteiger partial charge in [-0.3, -0.25) is 4.79 Å². The summed E-state index contributed by atoms with van der Waals surface area (Å²) in [4.78, 5) is 13.9. The van der Waals surface area contributed by atoms with Crippen molar-refractivity contribution in [1.29, 1.82) is 0 Å². The van der Waals surface area contributed by atoms with Gasteiger partial charge in [-0.15, -0.1) is 0 Å². The normalized spacial score (nSPS) is 19.6. The summed E-state index contributed by atoms with van der Waals surface area (Å²) in [6, 6.07) is 0.501. The highest BCUT2D eigenvalue weighted by Crippen LogP contribution is 2.08. The summed E-state index contributed by atoms with van der Waals surface area (Å²) in [6.45, 7) is 8.87. The van der Waals surface area contributed by atoms with Crippen LogP contribution in [0.5, 0.6) is 0 Å². The third-order valence-corrected chi connectivity index (χ3v) is 2.82.